The second-order valence-corrected chi connectivity index (χ2v) is 7.02. The zero-order chi connectivity index (χ0) is 16.9. The van der Waals surface area contributed by atoms with Crippen molar-refractivity contribution in [3.63, 3.8) is 0 Å². The smallest absolute Gasteiger partial charge is 0.230 e. The van der Waals surface area contributed by atoms with Crippen molar-refractivity contribution in [3.8, 4) is 6.07 Å². The van der Waals surface area contributed by atoms with Gasteiger partial charge in [-0.25, -0.2) is 4.99 Å². The van der Waals surface area contributed by atoms with Crippen LogP contribution < -0.4 is 5.32 Å². The number of benzene rings is 1. The highest BCUT2D eigenvalue weighted by Crippen LogP contribution is 2.39. The van der Waals surface area contributed by atoms with Gasteiger partial charge in [0.15, 0.2) is 0 Å². The van der Waals surface area contributed by atoms with E-state index in [0.29, 0.717) is 5.56 Å². The van der Waals surface area contributed by atoms with Crippen molar-refractivity contribution < 1.29 is 4.79 Å². The van der Waals surface area contributed by atoms with Gasteiger partial charge in [0.1, 0.15) is 11.1 Å². The number of para-hydroxylation sites is 1. The van der Waals surface area contributed by atoms with Crippen LogP contribution in [0.5, 0.6) is 0 Å². The van der Waals surface area contributed by atoms with Crippen LogP contribution in [0.4, 0.5) is 10.7 Å². The second-order valence-electron chi connectivity index (χ2n) is 5.94. The molecule has 0 spiro atoms. The number of nitriles is 1. The highest BCUT2D eigenvalue weighted by Gasteiger charge is 2.20. The molecule has 1 N–H and O–H groups in total. The van der Waals surface area contributed by atoms with Crippen molar-refractivity contribution in [2.75, 3.05) is 5.32 Å². The fraction of sp³-hybridized carbons (Fsp3) is 0.316. The van der Waals surface area contributed by atoms with Gasteiger partial charge in [0.05, 0.1) is 12.0 Å². The Hall–Kier alpha value is -2.45. The first-order chi connectivity index (χ1) is 11.7. The molecule has 24 heavy (non-hydrogen) atoms. The maximum Gasteiger partial charge on any atom is 0.230 e. The molecule has 1 aromatic heterocycles. The van der Waals surface area contributed by atoms with E-state index in [9.17, 15) is 10.1 Å². The van der Waals surface area contributed by atoms with Gasteiger partial charge >= 0.3 is 0 Å². The lowest BCUT2D eigenvalue weighted by atomic mass is 9.96. The quantitative estimate of drug-likeness (QED) is 0.827. The Bertz CT molecular complexity index is 815. The Morgan fingerprint density at radius 2 is 2.04 bits per heavy atom. The summed E-state index contributed by atoms with van der Waals surface area (Å²) >= 11 is 1.60. The molecule has 0 fully saturated rings. The van der Waals surface area contributed by atoms with Crippen molar-refractivity contribution >= 4 is 33.6 Å². The number of hydrogen-bond donors (Lipinski definition) is 1. The van der Waals surface area contributed by atoms with Crippen LogP contribution in [0.15, 0.2) is 35.3 Å². The number of fused-ring (bicyclic) bond motifs is 1. The molecular formula is C19H19N3OS. The van der Waals surface area contributed by atoms with Crippen LogP contribution in [-0.4, -0.2) is 11.6 Å². The monoisotopic (exact) mass is 337 g/mol. The topological polar surface area (TPSA) is 65.2 Å². The lowest BCUT2D eigenvalue weighted by Gasteiger charge is -2.09. The Kier molecular flexibility index (Phi) is 5.07. The minimum Gasteiger partial charge on any atom is -0.326 e. The molecule has 1 aromatic carbocycles. The molecule has 0 aliphatic heterocycles. The third-order valence-electron chi connectivity index (χ3n) is 4.03. The molecule has 0 atom stereocenters. The third kappa shape index (κ3) is 3.72. The van der Waals surface area contributed by atoms with E-state index in [4.69, 9.17) is 0 Å². The molecule has 1 aliphatic carbocycles. The van der Waals surface area contributed by atoms with Gasteiger partial charge in [0.25, 0.3) is 0 Å². The van der Waals surface area contributed by atoms with Gasteiger partial charge in [-0.1, -0.05) is 18.2 Å². The minimum atomic E-state index is -0.0951. The maximum absolute atomic E-state index is 12.1. The minimum absolute atomic E-state index is 0.0951. The molecular weight excluding hydrogens is 318 g/mol. The number of aliphatic imine (C=N–C) groups is 1. The number of nitrogens with one attached hydrogen (secondary N) is 1. The van der Waals surface area contributed by atoms with Crippen LogP contribution in [0.25, 0.3) is 0 Å². The summed E-state index contributed by atoms with van der Waals surface area (Å²) in [4.78, 5) is 18.0. The first kappa shape index (κ1) is 16.4. The van der Waals surface area contributed by atoms with Crippen LogP contribution in [0.3, 0.4) is 0 Å². The summed E-state index contributed by atoms with van der Waals surface area (Å²) in [5, 5.41) is 13.1. The standard InChI is InChI=1S/C19H19N3OS/c1-13(11-18(23)22-14-7-3-2-4-8-14)21-19-16(12-20)15-9-5-6-10-17(15)24-19/h2-4,7-8H,5-6,9-11H2,1H3,(H,22,23). The molecule has 0 bridgehead atoms. The van der Waals surface area contributed by atoms with Crippen LogP contribution in [0, 0.1) is 11.3 Å². The normalized spacial score (nSPS) is 13.9. The fourth-order valence-corrected chi connectivity index (χ4v) is 4.20. The first-order valence-corrected chi connectivity index (χ1v) is 8.92. The number of carbonyl (C=O) groups is 1. The molecule has 122 valence electrons. The lowest BCUT2D eigenvalue weighted by molar-refractivity contribution is -0.115. The molecule has 1 amide bonds. The van der Waals surface area contributed by atoms with E-state index in [1.54, 1.807) is 11.3 Å². The summed E-state index contributed by atoms with van der Waals surface area (Å²) in [6.07, 6.45) is 4.55. The molecule has 1 aliphatic rings. The number of amides is 1. The van der Waals surface area contributed by atoms with Gasteiger partial charge in [0, 0.05) is 16.3 Å². The summed E-state index contributed by atoms with van der Waals surface area (Å²) in [6, 6.07) is 11.7. The number of thiophene rings is 1. The zero-order valence-electron chi connectivity index (χ0n) is 13.6. The van der Waals surface area contributed by atoms with Crippen LogP contribution in [0.2, 0.25) is 0 Å². The number of aryl methyl sites for hydroxylation is 1. The fourth-order valence-electron chi connectivity index (χ4n) is 2.92. The molecule has 0 saturated heterocycles. The summed E-state index contributed by atoms with van der Waals surface area (Å²) in [6.45, 7) is 1.84. The molecule has 0 radical (unpaired) electrons. The number of rotatable bonds is 4. The van der Waals surface area contributed by atoms with Gasteiger partial charge in [-0.3, -0.25) is 4.79 Å². The van der Waals surface area contributed by atoms with E-state index in [1.807, 2.05) is 37.3 Å². The van der Waals surface area contributed by atoms with E-state index in [-0.39, 0.29) is 12.3 Å². The average molecular weight is 337 g/mol. The zero-order valence-corrected chi connectivity index (χ0v) is 14.4. The summed E-state index contributed by atoms with van der Waals surface area (Å²) in [5.41, 5.74) is 3.38. The van der Waals surface area contributed by atoms with E-state index < -0.39 is 0 Å². The average Bonchev–Trinajstić information content (AvgIpc) is 2.92. The van der Waals surface area contributed by atoms with Crippen molar-refractivity contribution in [3.05, 3.63) is 46.3 Å². The number of hydrogen-bond acceptors (Lipinski definition) is 4. The Morgan fingerprint density at radius 3 is 2.79 bits per heavy atom. The Morgan fingerprint density at radius 1 is 1.29 bits per heavy atom. The Labute approximate surface area is 145 Å². The van der Waals surface area contributed by atoms with Crippen LogP contribution in [-0.2, 0) is 17.6 Å². The summed E-state index contributed by atoms with van der Waals surface area (Å²) < 4.78 is 0. The number of carbonyl (C=O) groups excluding carboxylic acids is 1. The van der Waals surface area contributed by atoms with E-state index in [2.05, 4.69) is 16.4 Å². The van der Waals surface area contributed by atoms with Crippen LogP contribution >= 0.6 is 11.3 Å². The summed E-state index contributed by atoms with van der Waals surface area (Å²) in [5.74, 6) is -0.0951. The Balaban J connectivity index is 1.73. The molecule has 3 rings (SSSR count). The van der Waals surface area contributed by atoms with Gasteiger partial charge in [-0.05, 0) is 50.3 Å². The predicted molar refractivity (Wildman–Crippen MR) is 98.1 cm³/mol. The highest BCUT2D eigenvalue weighted by molar-refractivity contribution is 7.16. The number of anilines is 1. The summed E-state index contributed by atoms with van der Waals surface area (Å²) in [7, 11) is 0. The van der Waals surface area contributed by atoms with Crippen molar-refractivity contribution in [2.24, 2.45) is 4.99 Å². The largest absolute Gasteiger partial charge is 0.326 e. The predicted octanol–water partition coefficient (Wildman–Crippen LogP) is 4.62. The van der Waals surface area contributed by atoms with E-state index in [0.717, 1.165) is 35.7 Å². The molecule has 5 heteroatoms. The first-order valence-electron chi connectivity index (χ1n) is 8.11. The molecule has 0 unspecified atom stereocenters. The molecule has 1 heterocycles. The van der Waals surface area contributed by atoms with Crippen molar-refractivity contribution in [1.29, 1.82) is 5.26 Å². The van der Waals surface area contributed by atoms with E-state index >= 15 is 0 Å². The highest BCUT2D eigenvalue weighted by atomic mass is 32.1. The lowest BCUT2D eigenvalue weighted by Crippen LogP contribution is -2.14. The maximum atomic E-state index is 12.1. The van der Waals surface area contributed by atoms with E-state index in [1.165, 1.54) is 16.9 Å². The molecule has 4 nitrogen and oxygen atoms in total. The van der Waals surface area contributed by atoms with Gasteiger partial charge in [0.2, 0.25) is 5.91 Å². The molecule has 2 aromatic rings. The third-order valence-corrected chi connectivity index (χ3v) is 5.22. The van der Waals surface area contributed by atoms with Gasteiger partial charge in [-0.2, -0.15) is 5.26 Å². The van der Waals surface area contributed by atoms with Crippen molar-refractivity contribution in [2.45, 2.75) is 39.0 Å². The SMILES string of the molecule is CC(CC(=O)Nc1ccccc1)=Nc1sc2c(c1C#N)CCCC2. The molecule has 0 saturated carbocycles. The van der Waals surface area contributed by atoms with Crippen molar-refractivity contribution in [1.82, 2.24) is 0 Å². The van der Waals surface area contributed by atoms with Gasteiger partial charge < -0.3 is 5.32 Å². The van der Waals surface area contributed by atoms with Crippen LogP contribution in [0.1, 0.15) is 42.2 Å². The van der Waals surface area contributed by atoms with Gasteiger partial charge in [-0.15, -0.1) is 11.3 Å². The second kappa shape index (κ2) is 7.41. The number of nitrogens with zero attached hydrogens (tertiary/aromatic N) is 2.